The van der Waals surface area contributed by atoms with E-state index in [2.05, 4.69) is 17.2 Å². The Labute approximate surface area is 124 Å². The van der Waals surface area contributed by atoms with Gasteiger partial charge in [-0.05, 0) is 30.9 Å². The van der Waals surface area contributed by atoms with Gasteiger partial charge in [-0.1, -0.05) is 13.3 Å². The highest BCUT2D eigenvalue weighted by molar-refractivity contribution is 5.89. The van der Waals surface area contributed by atoms with Gasteiger partial charge < -0.3 is 15.3 Å². The van der Waals surface area contributed by atoms with Crippen molar-refractivity contribution in [3.8, 4) is 0 Å². The fourth-order valence-electron chi connectivity index (χ4n) is 2.62. The second-order valence-electron chi connectivity index (χ2n) is 5.43. The van der Waals surface area contributed by atoms with Crippen LogP contribution in [0.1, 0.15) is 31.9 Å². The number of carbonyl (C=O) groups is 2. The summed E-state index contributed by atoms with van der Waals surface area (Å²) < 4.78 is 0. The minimum atomic E-state index is -0.918. The van der Waals surface area contributed by atoms with Crippen LogP contribution in [0.4, 0.5) is 10.5 Å². The summed E-state index contributed by atoms with van der Waals surface area (Å²) in [5.41, 5.74) is 1.07. The Bertz CT molecular complexity index is 501. The van der Waals surface area contributed by atoms with Gasteiger partial charge in [-0.25, -0.2) is 4.79 Å². The van der Waals surface area contributed by atoms with E-state index < -0.39 is 5.97 Å². The average molecular weight is 291 g/mol. The number of aliphatic carboxylic acids is 1. The Kier molecular flexibility index (Phi) is 5.14. The number of carbonyl (C=O) groups excluding carboxylic acids is 1. The predicted octanol–water partition coefficient (Wildman–Crippen LogP) is 2.36. The van der Waals surface area contributed by atoms with Crippen molar-refractivity contribution in [2.75, 3.05) is 18.4 Å². The van der Waals surface area contributed by atoms with Crippen LogP contribution in [0.15, 0.2) is 18.3 Å². The lowest BCUT2D eigenvalue weighted by Gasteiger charge is -2.17. The van der Waals surface area contributed by atoms with Gasteiger partial charge in [-0.2, -0.15) is 0 Å². The number of pyridine rings is 1. The molecular weight excluding hydrogens is 270 g/mol. The first-order valence-electron chi connectivity index (χ1n) is 7.31. The molecule has 1 atom stereocenters. The molecular formula is C15H21N3O3. The van der Waals surface area contributed by atoms with E-state index in [0.717, 1.165) is 32.4 Å². The first kappa shape index (κ1) is 15.3. The lowest BCUT2D eigenvalue weighted by Crippen LogP contribution is -2.33. The van der Waals surface area contributed by atoms with E-state index in [9.17, 15) is 9.59 Å². The maximum absolute atomic E-state index is 12.1. The monoisotopic (exact) mass is 291 g/mol. The zero-order valence-electron chi connectivity index (χ0n) is 12.2. The molecule has 1 fully saturated rings. The number of hydrogen-bond acceptors (Lipinski definition) is 3. The van der Waals surface area contributed by atoms with Crippen LogP contribution in [0.3, 0.4) is 0 Å². The van der Waals surface area contributed by atoms with Crippen molar-refractivity contribution in [1.29, 1.82) is 0 Å². The Morgan fingerprint density at radius 3 is 2.90 bits per heavy atom. The summed E-state index contributed by atoms with van der Waals surface area (Å²) in [5, 5.41) is 11.5. The smallest absolute Gasteiger partial charge is 0.321 e. The fourth-order valence-corrected chi connectivity index (χ4v) is 2.62. The number of hydrogen-bond donors (Lipinski definition) is 2. The van der Waals surface area contributed by atoms with Crippen LogP contribution >= 0.6 is 0 Å². The molecule has 0 aromatic carbocycles. The minimum absolute atomic E-state index is 0.110. The molecule has 1 aliphatic heterocycles. The fraction of sp³-hybridized carbons (Fsp3) is 0.533. The molecule has 6 nitrogen and oxygen atoms in total. The summed E-state index contributed by atoms with van der Waals surface area (Å²) in [4.78, 5) is 28.5. The number of rotatable bonds is 5. The minimum Gasteiger partial charge on any atom is -0.481 e. The molecule has 1 unspecified atom stereocenters. The molecule has 0 bridgehead atoms. The molecule has 0 aliphatic carbocycles. The summed E-state index contributed by atoms with van der Waals surface area (Å²) >= 11 is 0. The molecule has 2 N–H and O–H groups in total. The Morgan fingerprint density at radius 1 is 1.48 bits per heavy atom. The molecule has 0 saturated carbocycles. The SMILES string of the molecule is CCCC1CCN(C(=O)Nc2ccc(CC(=O)O)nc2)C1. The lowest BCUT2D eigenvalue weighted by atomic mass is 10.0. The lowest BCUT2D eigenvalue weighted by molar-refractivity contribution is -0.136. The van der Waals surface area contributed by atoms with Gasteiger partial charge in [0.2, 0.25) is 0 Å². The number of amides is 2. The van der Waals surface area contributed by atoms with Crippen molar-refractivity contribution in [2.24, 2.45) is 5.92 Å². The van der Waals surface area contributed by atoms with Crippen LogP contribution in [-0.2, 0) is 11.2 Å². The molecule has 0 radical (unpaired) electrons. The van der Waals surface area contributed by atoms with Gasteiger partial charge in [-0.15, -0.1) is 0 Å². The number of anilines is 1. The molecule has 1 aromatic rings. The summed E-state index contributed by atoms with van der Waals surface area (Å²) in [6.45, 7) is 3.76. The van der Waals surface area contributed by atoms with Gasteiger partial charge in [0.1, 0.15) is 0 Å². The molecule has 21 heavy (non-hydrogen) atoms. The van der Waals surface area contributed by atoms with Crippen LogP contribution < -0.4 is 5.32 Å². The number of urea groups is 1. The topological polar surface area (TPSA) is 82.5 Å². The van der Waals surface area contributed by atoms with Crippen molar-refractivity contribution in [1.82, 2.24) is 9.88 Å². The zero-order valence-corrected chi connectivity index (χ0v) is 12.2. The summed E-state index contributed by atoms with van der Waals surface area (Å²) in [7, 11) is 0. The number of aromatic nitrogens is 1. The second-order valence-corrected chi connectivity index (χ2v) is 5.43. The van der Waals surface area contributed by atoms with Gasteiger partial charge in [0.25, 0.3) is 0 Å². The third-order valence-corrected chi connectivity index (χ3v) is 3.68. The molecule has 0 spiro atoms. The molecule has 2 amide bonds. The number of carboxylic acid groups (broad SMARTS) is 1. The van der Waals surface area contributed by atoms with E-state index in [1.54, 1.807) is 12.1 Å². The molecule has 2 heterocycles. The van der Waals surface area contributed by atoms with Gasteiger partial charge in [-0.3, -0.25) is 9.78 Å². The van der Waals surface area contributed by atoms with Gasteiger partial charge in [0, 0.05) is 13.1 Å². The summed E-state index contributed by atoms with van der Waals surface area (Å²) in [5.74, 6) is -0.310. The summed E-state index contributed by atoms with van der Waals surface area (Å²) in [6, 6.07) is 3.19. The molecule has 114 valence electrons. The zero-order chi connectivity index (χ0) is 15.2. The van der Waals surface area contributed by atoms with E-state index in [1.165, 1.54) is 6.20 Å². The second kappa shape index (κ2) is 7.06. The van der Waals surface area contributed by atoms with Crippen LogP contribution in [0.5, 0.6) is 0 Å². The van der Waals surface area contributed by atoms with Gasteiger partial charge in [0.05, 0.1) is 24.0 Å². The maximum atomic E-state index is 12.1. The Balaban J connectivity index is 1.86. The Hall–Kier alpha value is -2.11. The number of carboxylic acids is 1. The standard InChI is InChI=1S/C15H21N3O3/c1-2-3-11-6-7-18(10-11)15(21)17-13-5-4-12(16-9-13)8-14(19)20/h4-5,9,11H,2-3,6-8,10H2,1H3,(H,17,21)(H,19,20). The van der Waals surface area contributed by atoms with Crippen molar-refractivity contribution in [2.45, 2.75) is 32.6 Å². The van der Waals surface area contributed by atoms with E-state index in [4.69, 9.17) is 5.11 Å². The number of nitrogens with one attached hydrogen (secondary N) is 1. The van der Waals surface area contributed by atoms with E-state index >= 15 is 0 Å². The van der Waals surface area contributed by atoms with E-state index in [0.29, 0.717) is 17.3 Å². The maximum Gasteiger partial charge on any atom is 0.321 e. The first-order valence-corrected chi connectivity index (χ1v) is 7.31. The van der Waals surface area contributed by atoms with Gasteiger partial charge in [0.15, 0.2) is 0 Å². The van der Waals surface area contributed by atoms with Crippen molar-refractivity contribution in [3.63, 3.8) is 0 Å². The predicted molar refractivity (Wildman–Crippen MR) is 79.2 cm³/mol. The number of likely N-dealkylation sites (tertiary alicyclic amines) is 1. The largest absolute Gasteiger partial charge is 0.481 e. The van der Waals surface area contributed by atoms with Crippen LogP contribution in [-0.4, -0.2) is 40.1 Å². The van der Waals surface area contributed by atoms with Crippen LogP contribution in [0.2, 0.25) is 0 Å². The Morgan fingerprint density at radius 2 is 2.29 bits per heavy atom. The highest BCUT2D eigenvalue weighted by Crippen LogP contribution is 2.21. The number of nitrogens with zero attached hydrogens (tertiary/aromatic N) is 2. The molecule has 1 aromatic heterocycles. The average Bonchev–Trinajstić information content (AvgIpc) is 2.89. The summed E-state index contributed by atoms with van der Waals surface area (Å²) in [6.07, 6.45) is 4.76. The third-order valence-electron chi connectivity index (χ3n) is 3.68. The highest BCUT2D eigenvalue weighted by Gasteiger charge is 2.25. The molecule has 1 aliphatic rings. The molecule has 1 saturated heterocycles. The normalized spacial score (nSPS) is 17.8. The first-order chi connectivity index (χ1) is 10.1. The van der Waals surface area contributed by atoms with E-state index in [-0.39, 0.29) is 12.5 Å². The van der Waals surface area contributed by atoms with Gasteiger partial charge >= 0.3 is 12.0 Å². The van der Waals surface area contributed by atoms with Crippen LogP contribution in [0.25, 0.3) is 0 Å². The highest BCUT2D eigenvalue weighted by atomic mass is 16.4. The van der Waals surface area contributed by atoms with Crippen molar-refractivity contribution >= 4 is 17.7 Å². The van der Waals surface area contributed by atoms with Crippen molar-refractivity contribution < 1.29 is 14.7 Å². The van der Waals surface area contributed by atoms with E-state index in [1.807, 2.05) is 4.90 Å². The molecule has 2 rings (SSSR count). The quantitative estimate of drug-likeness (QED) is 0.872. The molecule has 6 heteroatoms. The van der Waals surface area contributed by atoms with Crippen molar-refractivity contribution in [3.05, 3.63) is 24.0 Å². The third kappa shape index (κ3) is 4.44. The van der Waals surface area contributed by atoms with Crippen LogP contribution in [0, 0.1) is 5.92 Å².